The molecule has 3 heterocycles. The molecule has 7 heteroatoms. The third-order valence-corrected chi connectivity index (χ3v) is 3.54. The highest BCUT2D eigenvalue weighted by molar-refractivity contribution is 5.76. The van der Waals surface area contributed by atoms with Crippen molar-refractivity contribution in [1.29, 1.82) is 0 Å². The fourth-order valence-electron chi connectivity index (χ4n) is 2.39. The van der Waals surface area contributed by atoms with Crippen LogP contribution in [0.25, 0.3) is 0 Å². The Labute approximate surface area is 129 Å². The molecule has 22 heavy (non-hydrogen) atoms. The smallest absolute Gasteiger partial charge is 0.160 e. The van der Waals surface area contributed by atoms with Crippen molar-refractivity contribution in [2.24, 2.45) is 0 Å². The van der Waals surface area contributed by atoms with Crippen LogP contribution in [0.3, 0.4) is 0 Å². The molecule has 0 saturated carbocycles. The van der Waals surface area contributed by atoms with E-state index in [9.17, 15) is 0 Å². The molecule has 3 rings (SSSR count). The maximum Gasteiger partial charge on any atom is 0.160 e. The molecule has 7 nitrogen and oxygen atoms in total. The maximum absolute atomic E-state index is 6.14. The third kappa shape index (κ3) is 3.43. The van der Waals surface area contributed by atoms with E-state index in [1.54, 1.807) is 0 Å². The Hall–Kier alpha value is -2.41. The molecule has 0 radical (unpaired) electrons. The van der Waals surface area contributed by atoms with Gasteiger partial charge in [0.15, 0.2) is 11.6 Å². The molecular formula is C15H20N6O. The molecule has 1 fully saturated rings. The summed E-state index contributed by atoms with van der Waals surface area (Å²) in [4.78, 5) is 12.8. The summed E-state index contributed by atoms with van der Waals surface area (Å²) in [5.41, 5.74) is 7.54. The number of pyridine rings is 1. The lowest BCUT2D eigenvalue weighted by molar-refractivity contribution is 0.120. The monoisotopic (exact) mass is 300 g/mol. The predicted octanol–water partition coefficient (Wildman–Crippen LogP) is 2.10. The van der Waals surface area contributed by atoms with Gasteiger partial charge < -0.3 is 21.1 Å². The number of aryl methyl sites for hydroxylation is 1. The molecule has 0 bridgehead atoms. The van der Waals surface area contributed by atoms with Gasteiger partial charge in [-0.3, -0.25) is 0 Å². The summed E-state index contributed by atoms with van der Waals surface area (Å²) in [6.45, 7) is 3.46. The Kier molecular flexibility index (Phi) is 4.34. The van der Waals surface area contributed by atoms with E-state index < -0.39 is 0 Å². The second-order valence-corrected chi connectivity index (χ2v) is 5.29. The van der Waals surface area contributed by atoms with E-state index >= 15 is 0 Å². The molecule has 1 aliphatic heterocycles. The zero-order valence-corrected chi connectivity index (χ0v) is 12.5. The number of nitrogen functional groups attached to an aromatic ring is 1. The topological polar surface area (TPSA) is 98.0 Å². The summed E-state index contributed by atoms with van der Waals surface area (Å²) in [6.07, 6.45) is 3.88. The van der Waals surface area contributed by atoms with E-state index in [0.29, 0.717) is 29.7 Å². The van der Waals surface area contributed by atoms with Gasteiger partial charge in [-0.15, -0.1) is 0 Å². The highest BCUT2D eigenvalue weighted by Gasteiger charge is 2.16. The van der Waals surface area contributed by atoms with Gasteiger partial charge >= 0.3 is 0 Å². The average Bonchev–Trinajstić information content (AvgIpc) is 3.02. The Morgan fingerprint density at radius 1 is 1.32 bits per heavy atom. The number of nitrogens with two attached hydrogens (primary N) is 1. The Balaban J connectivity index is 1.70. The number of hydrogen-bond donors (Lipinski definition) is 3. The van der Waals surface area contributed by atoms with Crippen LogP contribution in [0.1, 0.15) is 18.5 Å². The summed E-state index contributed by atoms with van der Waals surface area (Å²) in [5.74, 6) is 1.86. The molecule has 4 N–H and O–H groups in total. The van der Waals surface area contributed by atoms with Crippen LogP contribution in [-0.4, -0.2) is 34.2 Å². The van der Waals surface area contributed by atoms with Crippen LogP contribution in [0, 0.1) is 6.92 Å². The van der Waals surface area contributed by atoms with E-state index in [2.05, 4.69) is 25.6 Å². The van der Waals surface area contributed by atoms with Gasteiger partial charge in [0.1, 0.15) is 17.8 Å². The number of hydrogen-bond acceptors (Lipinski definition) is 7. The summed E-state index contributed by atoms with van der Waals surface area (Å²) >= 11 is 0. The van der Waals surface area contributed by atoms with E-state index in [4.69, 9.17) is 10.5 Å². The molecule has 1 unspecified atom stereocenters. The zero-order chi connectivity index (χ0) is 15.4. The van der Waals surface area contributed by atoms with Crippen molar-refractivity contribution in [3.63, 3.8) is 0 Å². The summed E-state index contributed by atoms with van der Waals surface area (Å²) in [7, 11) is 0. The molecule has 2 aromatic rings. The Bertz CT molecular complexity index is 642. The highest BCUT2D eigenvalue weighted by atomic mass is 16.5. The summed E-state index contributed by atoms with van der Waals surface area (Å²) < 4.78 is 5.58. The molecule has 2 aromatic heterocycles. The lowest BCUT2D eigenvalue weighted by Gasteiger charge is -2.14. The predicted molar refractivity (Wildman–Crippen MR) is 86.2 cm³/mol. The van der Waals surface area contributed by atoms with E-state index in [0.717, 1.165) is 25.1 Å². The SMILES string of the molecule is Cc1cccc(Nc2ncnc(NCC3CCCO3)c2N)n1. The van der Waals surface area contributed by atoms with Crippen molar-refractivity contribution >= 4 is 23.1 Å². The van der Waals surface area contributed by atoms with E-state index in [1.165, 1.54) is 6.33 Å². The Morgan fingerprint density at radius 3 is 2.95 bits per heavy atom. The minimum Gasteiger partial charge on any atom is -0.393 e. The van der Waals surface area contributed by atoms with E-state index in [1.807, 2.05) is 25.1 Å². The van der Waals surface area contributed by atoms with Crippen LogP contribution >= 0.6 is 0 Å². The van der Waals surface area contributed by atoms with Crippen molar-refractivity contribution in [3.05, 3.63) is 30.2 Å². The molecule has 116 valence electrons. The van der Waals surface area contributed by atoms with Gasteiger partial charge in [-0.05, 0) is 31.9 Å². The number of nitrogens with zero attached hydrogens (tertiary/aromatic N) is 3. The van der Waals surface area contributed by atoms with Gasteiger partial charge in [0.25, 0.3) is 0 Å². The van der Waals surface area contributed by atoms with Crippen molar-refractivity contribution in [2.45, 2.75) is 25.9 Å². The van der Waals surface area contributed by atoms with Crippen LogP contribution in [-0.2, 0) is 4.74 Å². The van der Waals surface area contributed by atoms with E-state index in [-0.39, 0.29) is 6.10 Å². The standard InChI is InChI=1S/C15H20N6O/c1-10-4-2-6-12(20-10)21-15-13(16)14(18-9-19-15)17-8-11-5-3-7-22-11/h2,4,6,9,11H,3,5,7-8,16H2,1H3,(H2,17,18,19,20,21). The molecule has 0 aliphatic carbocycles. The zero-order valence-electron chi connectivity index (χ0n) is 12.5. The molecule has 0 amide bonds. The largest absolute Gasteiger partial charge is 0.393 e. The highest BCUT2D eigenvalue weighted by Crippen LogP contribution is 2.25. The van der Waals surface area contributed by atoms with Crippen LogP contribution in [0.2, 0.25) is 0 Å². The molecule has 1 saturated heterocycles. The molecule has 0 aromatic carbocycles. The Morgan fingerprint density at radius 2 is 2.18 bits per heavy atom. The molecular weight excluding hydrogens is 280 g/mol. The fraction of sp³-hybridized carbons (Fsp3) is 0.400. The second-order valence-electron chi connectivity index (χ2n) is 5.29. The van der Waals surface area contributed by atoms with Crippen molar-refractivity contribution < 1.29 is 4.74 Å². The number of anilines is 4. The quantitative estimate of drug-likeness (QED) is 0.777. The number of rotatable bonds is 5. The average molecular weight is 300 g/mol. The molecule has 1 atom stereocenters. The van der Waals surface area contributed by atoms with Crippen LogP contribution in [0.4, 0.5) is 23.1 Å². The van der Waals surface area contributed by atoms with Gasteiger partial charge in [-0.2, -0.15) is 0 Å². The van der Waals surface area contributed by atoms with Crippen molar-refractivity contribution in [1.82, 2.24) is 15.0 Å². The van der Waals surface area contributed by atoms with Crippen LogP contribution in [0.5, 0.6) is 0 Å². The number of nitrogens with one attached hydrogen (secondary N) is 2. The second kappa shape index (κ2) is 6.57. The number of ether oxygens (including phenoxy) is 1. The van der Waals surface area contributed by atoms with Crippen LogP contribution < -0.4 is 16.4 Å². The van der Waals surface area contributed by atoms with Gasteiger partial charge in [-0.25, -0.2) is 15.0 Å². The molecule has 0 spiro atoms. The van der Waals surface area contributed by atoms with Gasteiger partial charge in [0.2, 0.25) is 0 Å². The normalized spacial score (nSPS) is 17.4. The first-order chi connectivity index (χ1) is 10.7. The van der Waals surface area contributed by atoms with Crippen molar-refractivity contribution in [2.75, 3.05) is 29.5 Å². The van der Waals surface area contributed by atoms with Gasteiger partial charge in [-0.1, -0.05) is 6.07 Å². The molecule has 1 aliphatic rings. The van der Waals surface area contributed by atoms with Crippen molar-refractivity contribution in [3.8, 4) is 0 Å². The lowest BCUT2D eigenvalue weighted by Crippen LogP contribution is -2.20. The third-order valence-electron chi connectivity index (χ3n) is 3.54. The van der Waals surface area contributed by atoms with Gasteiger partial charge in [0.05, 0.1) is 6.10 Å². The minimum absolute atomic E-state index is 0.226. The van der Waals surface area contributed by atoms with Gasteiger partial charge in [0, 0.05) is 18.8 Å². The summed E-state index contributed by atoms with van der Waals surface area (Å²) in [6, 6.07) is 5.73. The summed E-state index contributed by atoms with van der Waals surface area (Å²) in [5, 5.41) is 6.35. The minimum atomic E-state index is 0.226. The van der Waals surface area contributed by atoms with Crippen LogP contribution in [0.15, 0.2) is 24.5 Å². The first-order valence-electron chi connectivity index (χ1n) is 7.39. The lowest BCUT2D eigenvalue weighted by atomic mass is 10.2. The number of aromatic nitrogens is 3. The first kappa shape index (κ1) is 14.5. The fourth-order valence-corrected chi connectivity index (χ4v) is 2.39. The maximum atomic E-state index is 6.14. The first-order valence-corrected chi connectivity index (χ1v) is 7.39.